The molecule has 1 fully saturated rings. The standard InChI is InChI=1S/C21H24F2N4O2/c22-17-5-6-18(19(23)13-17)21(29)25-8-2-4-20(28)27-11-9-26(10-12-27)15-16-3-1-7-24-14-16/h1,3,5-7,13-14H,2,4,8-12,15H2,(H,25,29). The molecule has 29 heavy (non-hydrogen) atoms. The van der Waals surface area contributed by atoms with Gasteiger partial charge in [0, 0.05) is 64.1 Å². The van der Waals surface area contributed by atoms with E-state index in [1.807, 2.05) is 23.2 Å². The molecule has 154 valence electrons. The first kappa shape index (κ1) is 20.9. The molecule has 0 radical (unpaired) electrons. The molecule has 6 nitrogen and oxygen atoms in total. The number of piperazine rings is 1. The average molecular weight is 402 g/mol. The van der Waals surface area contributed by atoms with Crippen LogP contribution in [0.15, 0.2) is 42.7 Å². The van der Waals surface area contributed by atoms with E-state index in [-0.39, 0.29) is 18.0 Å². The number of pyridine rings is 1. The molecule has 2 aromatic rings. The van der Waals surface area contributed by atoms with E-state index in [1.165, 1.54) is 0 Å². The third-order valence-electron chi connectivity index (χ3n) is 4.88. The lowest BCUT2D eigenvalue weighted by Gasteiger charge is -2.34. The minimum absolute atomic E-state index is 0.0493. The normalized spacial score (nSPS) is 14.6. The molecule has 2 amide bonds. The molecule has 0 aliphatic carbocycles. The average Bonchev–Trinajstić information content (AvgIpc) is 2.72. The van der Waals surface area contributed by atoms with Gasteiger partial charge in [-0.1, -0.05) is 6.07 Å². The maximum absolute atomic E-state index is 13.6. The molecule has 1 aliphatic heterocycles. The molecule has 1 N–H and O–H groups in total. The van der Waals surface area contributed by atoms with Crippen molar-refractivity contribution in [2.45, 2.75) is 19.4 Å². The molecule has 0 saturated carbocycles. The molecule has 3 rings (SSSR count). The molecule has 8 heteroatoms. The number of carbonyl (C=O) groups excluding carboxylic acids is 2. The van der Waals surface area contributed by atoms with E-state index < -0.39 is 17.5 Å². The van der Waals surface area contributed by atoms with E-state index in [4.69, 9.17) is 0 Å². The maximum atomic E-state index is 13.6. The number of carbonyl (C=O) groups is 2. The van der Waals surface area contributed by atoms with Crippen LogP contribution >= 0.6 is 0 Å². The van der Waals surface area contributed by atoms with Crippen LogP contribution in [-0.2, 0) is 11.3 Å². The zero-order chi connectivity index (χ0) is 20.6. The number of benzene rings is 1. The highest BCUT2D eigenvalue weighted by Crippen LogP contribution is 2.11. The number of amides is 2. The van der Waals surface area contributed by atoms with Crippen molar-refractivity contribution in [2.24, 2.45) is 0 Å². The predicted molar refractivity (Wildman–Crippen MR) is 104 cm³/mol. The lowest BCUT2D eigenvalue weighted by Crippen LogP contribution is -2.48. The Hall–Kier alpha value is -2.87. The van der Waals surface area contributed by atoms with E-state index in [0.29, 0.717) is 32.0 Å². The topological polar surface area (TPSA) is 65.5 Å². The second kappa shape index (κ2) is 10.1. The first-order valence-electron chi connectivity index (χ1n) is 9.65. The smallest absolute Gasteiger partial charge is 0.254 e. The summed E-state index contributed by atoms with van der Waals surface area (Å²) in [6, 6.07) is 6.77. The zero-order valence-electron chi connectivity index (χ0n) is 16.1. The Morgan fingerprint density at radius 1 is 1.10 bits per heavy atom. The van der Waals surface area contributed by atoms with Crippen molar-refractivity contribution in [3.63, 3.8) is 0 Å². The Morgan fingerprint density at radius 3 is 2.59 bits per heavy atom. The summed E-state index contributed by atoms with van der Waals surface area (Å²) < 4.78 is 26.5. The van der Waals surface area contributed by atoms with Gasteiger partial charge in [-0.2, -0.15) is 0 Å². The van der Waals surface area contributed by atoms with Crippen LogP contribution < -0.4 is 5.32 Å². The second-order valence-electron chi connectivity index (χ2n) is 7.00. The number of aromatic nitrogens is 1. The molecule has 0 bridgehead atoms. The van der Waals surface area contributed by atoms with Gasteiger partial charge in [-0.05, 0) is 30.2 Å². The second-order valence-corrected chi connectivity index (χ2v) is 7.00. The van der Waals surface area contributed by atoms with Crippen molar-refractivity contribution < 1.29 is 18.4 Å². The summed E-state index contributed by atoms with van der Waals surface area (Å²) in [6.07, 6.45) is 4.38. The summed E-state index contributed by atoms with van der Waals surface area (Å²) in [6.45, 7) is 4.03. The largest absolute Gasteiger partial charge is 0.352 e. The summed E-state index contributed by atoms with van der Waals surface area (Å²) in [5.41, 5.74) is 0.947. The number of hydrogen-bond acceptors (Lipinski definition) is 4. The lowest BCUT2D eigenvalue weighted by atomic mass is 10.2. The van der Waals surface area contributed by atoms with E-state index in [2.05, 4.69) is 15.2 Å². The SMILES string of the molecule is O=C(NCCCC(=O)N1CCN(Cc2cccnc2)CC1)c1ccc(F)cc1F. The minimum Gasteiger partial charge on any atom is -0.352 e. The van der Waals surface area contributed by atoms with Crippen molar-refractivity contribution in [2.75, 3.05) is 32.7 Å². The molecule has 0 unspecified atom stereocenters. The Kier molecular flexibility index (Phi) is 7.24. The molecule has 1 aliphatic rings. The van der Waals surface area contributed by atoms with Gasteiger partial charge in [0.05, 0.1) is 5.56 Å². The van der Waals surface area contributed by atoms with Gasteiger partial charge >= 0.3 is 0 Å². The van der Waals surface area contributed by atoms with Gasteiger partial charge in [-0.25, -0.2) is 8.78 Å². The Balaban J connectivity index is 1.34. The zero-order valence-corrected chi connectivity index (χ0v) is 16.1. The van der Waals surface area contributed by atoms with Crippen LogP contribution in [0.4, 0.5) is 8.78 Å². The number of halogens is 2. The van der Waals surface area contributed by atoms with Crippen LogP contribution in [0, 0.1) is 11.6 Å². The lowest BCUT2D eigenvalue weighted by molar-refractivity contribution is -0.133. The summed E-state index contributed by atoms with van der Waals surface area (Å²) in [7, 11) is 0. The van der Waals surface area contributed by atoms with E-state index in [0.717, 1.165) is 37.3 Å². The Labute approximate surface area is 168 Å². The number of nitrogens with zero attached hydrogens (tertiary/aromatic N) is 3. The minimum atomic E-state index is -0.900. The summed E-state index contributed by atoms with van der Waals surface area (Å²) in [5.74, 6) is -2.19. The van der Waals surface area contributed by atoms with Gasteiger partial charge in [0.15, 0.2) is 0 Å². The molecular weight excluding hydrogens is 378 g/mol. The third kappa shape index (κ3) is 6.05. The van der Waals surface area contributed by atoms with Crippen LogP contribution in [0.5, 0.6) is 0 Å². The van der Waals surface area contributed by atoms with Gasteiger partial charge in [0.25, 0.3) is 5.91 Å². The van der Waals surface area contributed by atoms with E-state index in [1.54, 1.807) is 6.20 Å². The van der Waals surface area contributed by atoms with Crippen molar-refractivity contribution in [3.05, 3.63) is 65.5 Å². The first-order valence-corrected chi connectivity index (χ1v) is 9.65. The molecule has 1 saturated heterocycles. The van der Waals surface area contributed by atoms with Gasteiger partial charge in [-0.3, -0.25) is 19.5 Å². The fraction of sp³-hybridized carbons (Fsp3) is 0.381. The highest BCUT2D eigenvalue weighted by Gasteiger charge is 2.21. The monoisotopic (exact) mass is 402 g/mol. The molecule has 1 aromatic carbocycles. The molecule has 1 aromatic heterocycles. The highest BCUT2D eigenvalue weighted by atomic mass is 19.1. The van der Waals surface area contributed by atoms with Crippen molar-refractivity contribution in [1.29, 1.82) is 0 Å². The van der Waals surface area contributed by atoms with Crippen LogP contribution in [0.25, 0.3) is 0 Å². The van der Waals surface area contributed by atoms with Crippen LogP contribution in [0.3, 0.4) is 0 Å². The third-order valence-corrected chi connectivity index (χ3v) is 4.88. The van der Waals surface area contributed by atoms with Crippen molar-refractivity contribution >= 4 is 11.8 Å². The fourth-order valence-electron chi connectivity index (χ4n) is 3.27. The molecule has 2 heterocycles. The highest BCUT2D eigenvalue weighted by molar-refractivity contribution is 5.94. The van der Waals surface area contributed by atoms with Gasteiger partial charge < -0.3 is 10.2 Å². The summed E-state index contributed by atoms with van der Waals surface area (Å²) in [4.78, 5) is 32.5. The summed E-state index contributed by atoms with van der Waals surface area (Å²) >= 11 is 0. The first-order chi connectivity index (χ1) is 14.0. The summed E-state index contributed by atoms with van der Waals surface area (Å²) in [5, 5.41) is 2.57. The van der Waals surface area contributed by atoms with E-state index in [9.17, 15) is 18.4 Å². The van der Waals surface area contributed by atoms with Crippen LogP contribution in [0.1, 0.15) is 28.8 Å². The van der Waals surface area contributed by atoms with Crippen LogP contribution in [0.2, 0.25) is 0 Å². The number of rotatable bonds is 7. The predicted octanol–water partition coefficient (Wildman–Crippen LogP) is 2.21. The maximum Gasteiger partial charge on any atom is 0.254 e. The number of hydrogen-bond donors (Lipinski definition) is 1. The van der Waals surface area contributed by atoms with Gasteiger partial charge in [0.1, 0.15) is 11.6 Å². The number of nitrogens with one attached hydrogen (secondary N) is 1. The Morgan fingerprint density at radius 2 is 1.90 bits per heavy atom. The Bertz CT molecular complexity index is 840. The molecular formula is C21H24F2N4O2. The fourth-order valence-corrected chi connectivity index (χ4v) is 3.27. The van der Waals surface area contributed by atoms with E-state index >= 15 is 0 Å². The van der Waals surface area contributed by atoms with Gasteiger partial charge in [0.2, 0.25) is 5.91 Å². The quantitative estimate of drug-likeness (QED) is 0.722. The van der Waals surface area contributed by atoms with Crippen molar-refractivity contribution in [1.82, 2.24) is 20.1 Å². The van der Waals surface area contributed by atoms with Crippen molar-refractivity contribution in [3.8, 4) is 0 Å². The molecule has 0 atom stereocenters. The van der Waals surface area contributed by atoms with Crippen LogP contribution in [-0.4, -0.2) is 59.3 Å². The molecule has 0 spiro atoms. The van der Waals surface area contributed by atoms with Gasteiger partial charge in [-0.15, -0.1) is 0 Å².